The van der Waals surface area contributed by atoms with Gasteiger partial charge in [-0.25, -0.2) is 0 Å². The third kappa shape index (κ3) is 3.75. The molecule has 5 rings (SSSR count). The summed E-state index contributed by atoms with van der Waals surface area (Å²) in [6, 6.07) is 0. The summed E-state index contributed by atoms with van der Waals surface area (Å²) in [6.45, 7) is 18.4. The Kier molecular flexibility index (Phi) is 6.43. The molecule has 0 aromatic heterocycles. The molecule has 0 spiro atoms. The van der Waals surface area contributed by atoms with Crippen LogP contribution in [0.25, 0.3) is 0 Å². The Morgan fingerprint density at radius 1 is 1.16 bits per heavy atom. The Morgan fingerprint density at radius 2 is 1.82 bits per heavy atom. The Morgan fingerprint density at radius 3 is 2.42 bits per heavy atom. The fourth-order valence-electron chi connectivity index (χ4n) is 10.7. The number of Topliss-reactive ketones (excluding diaryl/α,β-unsaturated/α-hetero) is 1. The zero-order valence-electron chi connectivity index (χ0n) is 25.0. The predicted molar refractivity (Wildman–Crippen MR) is 145 cm³/mol. The van der Waals surface area contributed by atoms with Gasteiger partial charge in [0.25, 0.3) is 0 Å². The number of carbonyl (C=O) groups excluding carboxylic acids is 2. The van der Waals surface area contributed by atoms with Gasteiger partial charge in [0.2, 0.25) is 0 Å². The average Bonchev–Trinajstić information content (AvgIpc) is 3.07. The molecule has 38 heavy (non-hydrogen) atoms. The fraction of sp³-hybridized carbons (Fsp3) is 0.875. The molecule has 5 aliphatic rings. The lowest BCUT2D eigenvalue weighted by Gasteiger charge is -2.68. The molecule has 214 valence electrons. The van der Waals surface area contributed by atoms with E-state index in [0.717, 1.165) is 25.7 Å². The number of ketones is 1. The summed E-state index contributed by atoms with van der Waals surface area (Å²) >= 11 is 0. The first-order chi connectivity index (χ1) is 17.4. The van der Waals surface area contributed by atoms with Crippen LogP contribution in [0.5, 0.6) is 0 Å². The molecule has 2 N–H and O–H groups in total. The van der Waals surface area contributed by atoms with Crippen molar-refractivity contribution >= 4 is 11.8 Å². The van der Waals surface area contributed by atoms with E-state index in [2.05, 4.69) is 41.5 Å². The second-order valence-electron chi connectivity index (χ2n) is 15.4. The molecule has 1 aliphatic heterocycles. The van der Waals surface area contributed by atoms with Crippen molar-refractivity contribution in [2.45, 2.75) is 137 Å². The van der Waals surface area contributed by atoms with E-state index in [4.69, 9.17) is 9.47 Å². The Labute approximate surface area is 228 Å². The standard InChI is InChI=1S/C32H50O6/c1-17-14-21(27(29(5,6)36)37-18(2)33)38-22-16-32(9)19(25(17)22)15-20(34)26-30(7)12-11-24(35)28(3,4)23(30)10-13-31(26,32)8/h17,20-23,26-27,34,36H,10-16H2,1-9H3/t17-,20+,21+,22+,23+,26+,27-,30+,31+,32+/m1/s1. The van der Waals surface area contributed by atoms with E-state index in [1.54, 1.807) is 13.8 Å². The van der Waals surface area contributed by atoms with E-state index in [0.29, 0.717) is 25.0 Å². The Bertz CT molecular complexity index is 1050. The molecule has 0 unspecified atom stereocenters. The lowest BCUT2D eigenvalue weighted by Crippen LogP contribution is -2.65. The van der Waals surface area contributed by atoms with Gasteiger partial charge < -0.3 is 19.7 Å². The van der Waals surface area contributed by atoms with Crippen LogP contribution in [0.15, 0.2) is 11.1 Å². The number of ether oxygens (including phenoxy) is 2. The van der Waals surface area contributed by atoms with Crippen molar-refractivity contribution < 1.29 is 29.3 Å². The number of hydrogen-bond acceptors (Lipinski definition) is 6. The number of aliphatic hydroxyl groups excluding tert-OH is 1. The Hall–Kier alpha value is -1.24. The third-order valence-electron chi connectivity index (χ3n) is 12.4. The van der Waals surface area contributed by atoms with Crippen molar-refractivity contribution in [2.24, 2.45) is 39.4 Å². The van der Waals surface area contributed by atoms with E-state index < -0.39 is 23.8 Å². The topological polar surface area (TPSA) is 93.1 Å². The number of hydrogen-bond donors (Lipinski definition) is 2. The lowest BCUT2D eigenvalue weighted by molar-refractivity contribution is -0.213. The van der Waals surface area contributed by atoms with Crippen LogP contribution in [0, 0.1) is 39.4 Å². The van der Waals surface area contributed by atoms with Crippen molar-refractivity contribution in [3.05, 3.63) is 11.1 Å². The highest BCUT2D eigenvalue weighted by Gasteiger charge is 2.70. The number of carbonyl (C=O) groups is 2. The molecule has 1 heterocycles. The van der Waals surface area contributed by atoms with Gasteiger partial charge >= 0.3 is 5.97 Å². The summed E-state index contributed by atoms with van der Waals surface area (Å²) in [5.74, 6) is 0.564. The van der Waals surface area contributed by atoms with Gasteiger partial charge in [-0.3, -0.25) is 9.59 Å². The van der Waals surface area contributed by atoms with Crippen LogP contribution < -0.4 is 0 Å². The van der Waals surface area contributed by atoms with Gasteiger partial charge in [-0.05, 0) is 91.9 Å². The van der Waals surface area contributed by atoms with Crippen LogP contribution in [-0.4, -0.2) is 52.0 Å². The van der Waals surface area contributed by atoms with Crippen molar-refractivity contribution in [3.63, 3.8) is 0 Å². The highest BCUT2D eigenvalue weighted by molar-refractivity contribution is 5.85. The summed E-state index contributed by atoms with van der Waals surface area (Å²) in [5, 5.41) is 22.8. The highest BCUT2D eigenvalue weighted by atomic mass is 16.6. The Balaban J connectivity index is 1.52. The zero-order valence-corrected chi connectivity index (χ0v) is 25.0. The minimum atomic E-state index is -1.22. The van der Waals surface area contributed by atoms with E-state index in [1.165, 1.54) is 18.1 Å². The molecular formula is C32H50O6. The van der Waals surface area contributed by atoms with Gasteiger partial charge in [-0.15, -0.1) is 0 Å². The summed E-state index contributed by atoms with van der Waals surface area (Å²) in [7, 11) is 0. The first kappa shape index (κ1) is 28.3. The smallest absolute Gasteiger partial charge is 0.303 e. The second kappa shape index (κ2) is 8.63. The van der Waals surface area contributed by atoms with Crippen LogP contribution in [0.3, 0.4) is 0 Å². The molecule has 6 heteroatoms. The van der Waals surface area contributed by atoms with Gasteiger partial charge in [-0.2, -0.15) is 0 Å². The zero-order chi connectivity index (χ0) is 28.2. The van der Waals surface area contributed by atoms with Gasteiger partial charge in [0.1, 0.15) is 5.78 Å². The van der Waals surface area contributed by atoms with E-state index in [-0.39, 0.29) is 51.6 Å². The maximum Gasteiger partial charge on any atom is 0.303 e. The molecule has 0 amide bonds. The van der Waals surface area contributed by atoms with Crippen molar-refractivity contribution in [2.75, 3.05) is 0 Å². The average molecular weight is 531 g/mol. The normalized spacial score (nSPS) is 47.0. The van der Waals surface area contributed by atoms with Gasteiger partial charge in [0, 0.05) is 18.8 Å². The van der Waals surface area contributed by atoms with Crippen molar-refractivity contribution in [1.29, 1.82) is 0 Å². The van der Waals surface area contributed by atoms with Crippen LogP contribution in [0.1, 0.15) is 107 Å². The van der Waals surface area contributed by atoms with E-state index in [1.807, 2.05) is 0 Å². The summed E-state index contributed by atoms with van der Waals surface area (Å²) in [6.07, 6.45) is 3.94. The van der Waals surface area contributed by atoms with Gasteiger partial charge in [0.15, 0.2) is 6.10 Å². The van der Waals surface area contributed by atoms with Crippen LogP contribution >= 0.6 is 0 Å². The summed E-state index contributed by atoms with van der Waals surface area (Å²) in [5.41, 5.74) is 0.799. The highest BCUT2D eigenvalue weighted by Crippen LogP contribution is 2.74. The molecule has 10 atom stereocenters. The number of aliphatic hydroxyl groups is 2. The maximum atomic E-state index is 13.0. The largest absolute Gasteiger partial charge is 0.457 e. The lowest BCUT2D eigenvalue weighted by atomic mass is 9.36. The first-order valence-corrected chi connectivity index (χ1v) is 14.9. The molecule has 4 fully saturated rings. The SMILES string of the molecule is CC(=O)O[C@H]([C@@H]1C[C@@H](C)C2=C3C[C@H](O)[C@H]4[C@@]5(C)CCC(=O)C(C)(C)[C@@H]5CC[C@]4(C)[C@@]3(C)C[C@@H]2O1)C(C)(C)O. The fourth-order valence-corrected chi connectivity index (χ4v) is 10.7. The minimum absolute atomic E-state index is 0.0901. The summed E-state index contributed by atoms with van der Waals surface area (Å²) < 4.78 is 12.4. The molecule has 0 bridgehead atoms. The van der Waals surface area contributed by atoms with Crippen LogP contribution in [-0.2, 0) is 19.1 Å². The van der Waals surface area contributed by atoms with E-state index in [9.17, 15) is 19.8 Å². The van der Waals surface area contributed by atoms with Crippen LogP contribution in [0.4, 0.5) is 0 Å². The third-order valence-corrected chi connectivity index (χ3v) is 12.4. The monoisotopic (exact) mass is 530 g/mol. The second-order valence-corrected chi connectivity index (χ2v) is 15.4. The predicted octanol–water partition coefficient (Wildman–Crippen LogP) is 5.38. The quantitative estimate of drug-likeness (QED) is 0.376. The van der Waals surface area contributed by atoms with Crippen LogP contribution in [0.2, 0.25) is 0 Å². The maximum absolute atomic E-state index is 13.0. The molecule has 3 saturated carbocycles. The summed E-state index contributed by atoms with van der Waals surface area (Å²) in [4.78, 5) is 24.9. The first-order valence-electron chi connectivity index (χ1n) is 14.9. The molecule has 6 nitrogen and oxygen atoms in total. The molecule has 0 radical (unpaired) electrons. The molecule has 0 aromatic rings. The van der Waals surface area contributed by atoms with E-state index >= 15 is 0 Å². The number of esters is 1. The van der Waals surface area contributed by atoms with Gasteiger partial charge in [-0.1, -0.05) is 47.1 Å². The number of fused-ring (bicyclic) bond motifs is 6. The van der Waals surface area contributed by atoms with Gasteiger partial charge in [0.05, 0.1) is 23.9 Å². The molecule has 1 saturated heterocycles. The molecular weight excluding hydrogens is 480 g/mol. The van der Waals surface area contributed by atoms with Crippen molar-refractivity contribution in [3.8, 4) is 0 Å². The minimum Gasteiger partial charge on any atom is -0.457 e. The molecule has 4 aliphatic carbocycles. The number of rotatable bonds is 3. The van der Waals surface area contributed by atoms with Crippen molar-refractivity contribution in [1.82, 2.24) is 0 Å². The molecule has 0 aromatic carbocycles.